The van der Waals surface area contributed by atoms with E-state index < -0.39 is 46.7 Å². The highest BCUT2D eigenvalue weighted by molar-refractivity contribution is 5.87. The van der Waals surface area contributed by atoms with Crippen LogP contribution >= 0.6 is 0 Å². The zero-order valence-corrected chi connectivity index (χ0v) is 23.7. The van der Waals surface area contributed by atoms with Crippen LogP contribution < -0.4 is 0 Å². The fourth-order valence-electron chi connectivity index (χ4n) is 5.00. The zero-order chi connectivity index (χ0) is 29.5. The Bertz CT molecular complexity index is 952. The van der Waals surface area contributed by atoms with Gasteiger partial charge in [-0.25, -0.2) is 26.7 Å². The van der Waals surface area contributed by atoms with Crippen LogP contribution in [0.4, 0.5) is 22.0 Å². The Hall–Kier alpha value is -2.45. The summed E-state index contributed by atoms with van der Waals surface area (Å²) in [5, 5.41) is 0. The zero-order valence-electron chi connectivity index (χ0n) is 23.7. The van der Waals surface area contributed by atoms with Crippen LogP contribution in [0.5, 0.6) is 0 Å². The summed E-state index contributed by atoms with van der Waals surface area (Å²) in [6.45, 7) is 4.28. The third-order valence-corrected chi connectivity index (χ3v) is 7.43. The smallest absolute Gasteiger partial charge is 0.331 e. The van der Waals surface area contributed by atoms with Gasteiger partial charge in [0.25, 0.3) is 0 Å². The normalized spacial score (nSPS) is 17.6. The number of ether oxygens (including phenoxy) is 2. The lowest BCUT2D eigenvalue weighted by Gasteiger charge is -2.37. The number of cyclic esters (lactones) is 1. The summed E-state index contributed by atoms with van der Waals surface area (Å²) in [5.74, 6) is -12.0. The first kappa shape index (κ1) is 33.8. The first-order valence-corrected chi connectivity index (χ1v) is 14.8. The van der Waals surface area contributed by atoms with Crippen molar-refractivity contribution in [1.82, 2.24) is 0 Å². The van der Waals surface area contributed by atoms with E-state index in [9.17, 15) is 31.5 Å². The lowest BCUT2D eigenvalue weighted by Crippen LogP contribution is -2.47. The second kappa shape index (κ2) is 18.1. The van der Waals surface area contributed by atoms with Crippen LogP contribution in [0, 0.1) is 35.0 Å². The van der Waals surface area contributed by atoms with Crippen molar-refractivity contribution >= 4 is 18.0 Å². The molecule has 0 aliphatic carbocycles. The van der Waals surface area contributed by atoms with Gasteiger partial charge in [0.05, 0.1) is 11.5 Å². The van der Waals surface area contributed by atoms with E-state index in [1.165, 1.54) is 32.1 Å². The second-order valence-electron chi connectivity index (χ2n) is 10.7. The average molecular weight is 575 g/mol. The summed E-state index contributed by atoms with van der Waals surface area (Å²) in [6.07, 6.45) is 15.7. The van der Waals surface area contributed by atoms with E-state index in [1.54, 1.807) is 0 Å². The minimum atomic E-state index is -2.27. The highest BCUT2D eigenvalue weighted by atomic mass is 19.2. The second-order valence-corrected chi connectivity index (χ2v) is 10.7. The van der Waals surface area contributed by atoms with E-state index in [4.69, 9.17) is 9.47 Å². The van der Waals surface area contributed by atoms with Crippen LogP contribution in [0.1, 0.15) is 122 Å². The molecule has 1 aliphatic rings. The fraction of sp³-hybridized carbons (Fsp3) is 0.677. The number of carbonyl (C=O) groups is 2. The van der Waals surface area contributed by atoms with Crippen molar-refractivity contribution in [1.29, 1.82) is 0 Å². The Kier molecular flexibility index (Phi) is 15.3. The molecule has 1 aromatic carbocycles. The van der Waals surface area contributed by atoms with E-state index in [2.05, 4.69) is 13.8 Å². The molecule has 3 atom stereocenters. The predicted molar refractivity (Wildman–Crippen MR) is 144 cm³/mol. The number of carbonyl (C=O) groups excluding carboxylic acids is 2. The third-order valence-electron chi connectivity index (χ3n) is 7.43. The summed E-state index contributed by atoms with van der Waals surface area (Å²) in [4.78, 5) is 24.5. The molecule has 1 heterocycles. The number of hydrogen-bond acceptors (Lipinski definition) is 4. The number of benzene rings is 1. The van der Waals surface area contributed by atoms with Gasteiger partial charge in [-0.3, -0.25) is 4.79 Å². The summed E-state index contributed by atoms with van der Waals surface area (Å²) in [7, 11) is 0. The lowest BCUT2D eigenvalue weighted by molar-refractivity contribution is -0.189. The van der Waals surface area contributed by atoms with Crippen molar-refractivity contribution in [3.63, 3.8) is 0 Å². The monoisotopic (exact) mass is 574 g/mol. The van der Waals surface area contributed by atoms with Gasteiger partial charge in [-0.2, -0.15) is 0 Å². The van der Waals surface area contributed by atoms with Crippen LogP contribution in [0.25, 0.3) is 6.08 Å². The van der Waals surface area contributed by atoms with Crippen molar-refractivity contribution in [2.75, 3.05) is 0 Å². The maximum absolute atomic E-state index is 14.0. The van der Waals surface area contributed by atoms with E-state index >= 15 is 0 Å². The number of rotatable bonds is 20. The maximum atomic E-state index is 14.0. The van der Waals surface area contributed by atoms with Crippen molar-refractivity contribution in [3.05, 3.63) is 40.7 Å². The SMILES string of the molecule is CCCCCCCCCCC[C@@H](C[C@@H]1OC(=O)[C@H]1CCCCCC)OC(=O)/C=C/c1c(F)c(F)c(F)c(F)c1F. The van der Waals surface area contributed by atoms with Gasteiger partial charge in [-0.15, -0.1) is 0 Å². The van der Waals surface area contributed by atoms with Gasteiger partial charge in [-0.1, -0.05) is 90.9 Å². The van der Waals surface area contributed by atoms with Crippen LogP contribution in [0.15, 0.2) is 6.08 Å². The molecule has 0 N–H and O–H groups in total. The summed E-state index contributed by atoms with van der Waals surface area (Å²) >= 11 is 0. The fourth-order valence-corrected chi connectivity index (χ4v) is 5.00. The minimum absolute atomic E-state index is 0.259. The Morgan fingerprint density at radius 1 is 0.775 bits per heavy atom. The molecule has 0 amide bonds. The highest BCUT2D eigenvalue weighted by Crippen LogP contribution is 2.33. The van der Waals surface area contributed by atoms with Crippen molar-refractivity contribution < 1.29 is 41.0 Å². The van der Waals surface area contributed by atoms with E-state index in [1.807, 2.05) is 0 Å². The van der Waals surface area contributed by atoms with Crippen molar-refractivity contribution in [2.24, 2.45) is 5.92 Å². The molecule has 0 aromatic heterocycles. The molecule has 9 heteroatoms. The summed E-state index contributed by atoms with van der Waals surface area (Å²) in [6, 6.07) is 0. The van der Waals surface area contributed by atoms with Crippen molar-refractivity contribution in [2.45, 2.75) is 129 Å². The molecule has 1 fully saturated rings. The molecule has 2 rings (SSSR count). The molecule has 4 nitrogen and oxygen atoms in total. The van der Waals surface area contributed by atoms with Crippen LogP contribution in [-0.4, -0.2) is 24.1 Å². The Labute approximate surface area is 234 Å². The molecule has 1 saturated heterocycles. The van der Waals surface area contributed by atoms with Crippen LogP contribution in [-0.2, 0) is 19.1 Å². The minimum Gasteiger partial charge on any atom is -0.461 e. The van der Waals surface area contributed by atoms with E-state index in [0.29, 0.717) is 31.4 Å². The summed E-state index contributed by atoms with van der Waals surface area (Å²) < 4.78 is 79.0. The van der Waals surface area contributed by atoms with Gasteiger partial charge in [0.1, 0.15) is 12.2 Å². The lowest BCUT2D eigenvalue weighted by atomic mass is 9.86. The Balaban J connectivity index is 1.97. The molecular formula is C31H43F5O4. The van der Waals surface area contributed by atoms with Gasteiger partial charge in [0.15, 0.2) is 23.3 Å². The Morgan fingerprint density at radius 3 is 1.82 bits per heavy atom. The summed E-state index contributed by atoms with van der Waals surface area (Å²) in [5.41, 5.74) is -1.22. The molecule has 0 unspecified atom stereocenters. The molecule has 0 radical (unpaired) electrons. The van der Waals surface area contributed by atoms with E-state index in [0.717, 1.165) is 51.4 Å². The number of esters is 2. The molecule has 0 saturated carbocycles. The van der Waals surface area contributed by atoms with Crippen LogP contribution in [0.2, 0.25) is 0 Å². The number of unbranched alkanes of at least 4 members (excludes halogenated alkanes) is 11. The molecule has 40 heavy (non-hydrogen) atoms. The van der Waals surface area contributed by atoms with Crippen molar-refractivity contribution in [3.8, 4) is 0 Å². The number of halogens is 5. The quantitative estimate of drug-likeness (QED) is 0.0389. The first-order chi connectivity index (χ1) is 19.2. The Morgan fingerprint density at radius 2 is 1.27 bits per heavy atom. The molecule has 1 aliphatic heterocycles. The molecule has 0 spiro atoms. The van der Waals surface area contributed by atoms with Gasteiger partial charge in [0, 0.05) is 12.5 Å². The molecular weight excluding hydrogens is 531 g/mol. The third kappa shape index (κ3) is 10.5. The van der Waals surface area contributed by atoms with Gasteiger partial charge in [0.2, 0.25) is 5.82 Å². The van der Waals surface area contributed by atoms with Crippen LogP contribution in [0.3, 0.4) is 0 Å². The molecule has 1 aromatic rings. The predicted octanol–water partition coefficient (Wildman–Crippen LogP) is 9.13. The average Bonchev–Trinajstić information content (AvgIpc) is 2.93. The van der Waals surface area contributed by atoms with E-state index in [-0.39, 0.29) is 18.0 Å². The largest absolute Gasteiger partial charge is 0.461 e. The van der Waals surface area contributed by atoms with Gasteiger partial charge >= 0.3 is 11.9 Å². The highest BCUT2D eigenvalue weighted by Gasteiger charge is 2.43. The number of hydrogen-bond donors (Lipinski definition) is 0. The standard InChI is InChI=1S/C31H43F5O4/c1-3-5-7-9-10-11-12-13-14-16-21(20-24-22(31(38)40-24)17-15-8-6-4-2)39-25(37)19-18-23-26(32)28(34)30(36)29(35)27(23)33/h18-19,21-22,24H,3-17,20H2,1-2H3/b19-18+/t21-,22-,24-/m0/s1. The first-order valence-electron chi connectivity index (χ1n) is 14.8. The topological polar surface area (TPSA) is 52.6 Å². The maximum Gasteiger partial charge on any atom is 0.331 e. The van der Waals surface area contributed by atoms with Gasteiger partial charge < -0.3 is 9.47 Å². The molecule has 226 valence electrons. The van der Waals surface area contributed by atoms with Gasteiger partial charge in [-0.05, 0) is 25.3 Å². The molecule has 0 bridgehead atoms.